The highest BCUT2D eigenvalue weighted by Crippen LogP contribution is 2.39. The normalized spacial score (nSPS) is 17.2. The molecule has 0 spiro atoms. The minimum Gasteiger partial charge on any atom is -0.336 e. The van der Waals surface area contributed by atoms with Crippen molar-refractivity contribution in [3.63, 3.8) is 0 Å². The molecule has 1 N–H and O–H groups in total. The minimum absolute atomic E-state index is 0.127. The van der Waals surface area contributed by atoms with Crippen molar-refractivity contribution in [2.75, 3.05) is 6.54 Å². The molecule has 0 aliphatic heterocycles. The third-order valence-corrected chi connectivity index (χ3v) is 6.87. The van der Waals surface area contributed by atoms with E-state index in [-0.39, 0.29) is 10.3 Å². The minimum atomic E-state index is -3.69. The molecule has 27 heavy (non-hydrogen) atoms. The van der Waals surface area contributed by atoms with Crippen LogP contribution in [0.4, 0.5) is 0 Å². The molecule has 4 rings (SSSR count). The number of hydrogen-bond donors (Lipinski definition) is 1. The summed E-state index contributed by atoms with van der Waals surface area (Å²) in [5, 5.41) is 4.44. The second-order valence-corrected chi connectivity index (χ2v) is 8.96. The SMILES string of the molecule is Cc1noc2ncc(S(=O)(=O)NCC3(c4ccncc4)CCCCC3)cc12. The predicted molar refractivity (Wildman–Crippen MR) is 101 cm³/mol. The number of nitrogens with one attached hydrogen (secondary N) is 1. The molecule has 0 amide bonds. The highest BCUT2D eigenvalue weighted by Gasteiger charge is 2.35. The Bertz CT molecular complexity index is 1040. The van der Waals surface area contributed by atoms with Crippen LogP contribution in [0, 0.1) is 6.92 Å². The van der Waals surface area contributed by atoms with Crippen molar-refractivity contribution in [3.05, 3.63) is 48.0 Å². The summed E-state index contributed by atoms with van der Waals surface area (Å²) in [6.45, 7) is 2.12. The number of aryl methyl sites for hydroxylation is 1. The van der Waals surface area contributed by atoms with Gasteiger partial charge in [-0.05, 0) is 43.5 Å². The van der Waals surface area contributed by atoms with Crippen LogP contribution in [-0.2, 0) is 15.4 Å². The van der Waals surface area contributed by atoms with Gasteiger partial charge in [0.05, 0.1) is 17.3 Å². The number of aromatic nitrogens is 3. The number of rotatable bonds is 5. The molecule has 1 aliphatic rings. The van der Waals surface area contributed by atoms with Crippen LogP contribution in [0.3, 0.4) is 0 Å². The van der Waals surface area contributed by atoms with E-state index in [1.807, 2.05) is 12.1 Å². The fraction of sp³-hybridized carbons (Fsp3) is 0.421. The zero-order chi connectivity index (χ0) is 18.9. The first-order chi connectivity index (χ1) is 13.0. The lowest BCUT2D eigenvalue weighted by molar-refractivity contribution is 0.292. The average molecular weight is 386 g/mol. The predicted octanol–water partition coefficient (Wildman–Crippen LogP) is 3.11. The van der Waals surface area contributed by atoms with E-state index in [9.17, 15) is 8.42 Å². The number of hydrogen-bond acceptors (Lipinski definition) is 6. The van der Waals surface area contributed by atoms with Crippen LogP contribution in [0.2, 0.25) is 0 Å². The van der Waals surface area contributed by atoms with Gasteiger partial charge in [-0.1, -0.05) is 24.4 Å². The number of nitrogens with zero attached hydrogens (tertiary/aromatic N) is 3. The molecule has 0 bridgehead atoms. The van der Waals surface area contributed by atoms with Gasteiger partial charge in [0.2, 0.25) is 10.0 Å². The van der Waals surface area contributed by atoms with Gasteiger partial charge in [0.15, 0.2) is 0 Å². The topological polar surface area (TPSA) is 98.0 Å². The first kappa shape index (κ1) is 18.1. The van der Waals surface area contributed by atoms with Gasteiger partial charge in [-0.3, -0.25) is 4.98 Å². The van der Waals surface area contributed by atoms with Crippen LogP contribution in [0.25, 0.3) is 11.1 Å². The maximum atomic E-state index is 12.9. The summed E-state index contributed by atoms with van der Waals surface area (Å²) < 4.78 is 33.7. The number of sulfonamides is 1. The Kier molecular flexibility index (Phi) is 4.69. The van der Waals surface area contributed by atoms with E-state index in [1.54, 1.807) is 25.4 Å². The molecule has 142 valence electrons. The maximum absolute atomic E-state index is 12.9. The number of pyridine rings is 2. The van der Waals surface area contributed by atoms with Crippen molar-refractivity contribution >= 4 is 21.1 Å². The molecule has 8 heteroatoms. The standard InChI is InChI=1S/C19H22N4O3S/c1-14-17-11-16(12-21-18(17)26-23-14)27(24,25)22-13-19(7-3-2-4-8-19)15-5-9-20-10-6-15/h5-6,9-12,22H,2-4,7-8,13H2,1H3. The van der Waals surface area contributed by atoms with Gasteiger partial charge in [-0.2, -0.15) is 0 Å². The monoisotopic (exact) mass is 386 g/mol. The maximum Gasteiger partial charge on any atom is 0.257 e. The van der Waals surface area contributed by atoms with E-state index in [0.717, 1.165) is 31.2 Å². The Morgan fingerprint density at radius 3 is 2.67 bits per heavy atom. The first-order valence-electron chi connectivity index (χ1n) is 9.12. The molecule has 0 aromatic carbocycles. The molecule has 3 aromatic rings. The van der Waals surface area contributed by atoms with Crippen LogP contribution in [0.5, 0.6) is 0 Å². The second-order valence-electron chi connectivity index (χ2n) is 7.19. The summed E-state index contributed by atoms with van der Waals surface area (Å²) in [7, 11) is -3.69. The summed E-state index contributed by atoms with van der Waals surface area (Å²) in [5.41, 5.74) is 1.91. The Hall–Kier alpha value is -2.32. The van der Waals surface area contributed by atoms with Gasteiger partial charge in [0, 0.05) is 24.4 Å². The second kappa shape index (κ2) is 7.01. The lowest BCUT2D eigenvalue weighted by Gasteiger charge is -2.38. The molecule has 0 unspecified atom stereocenters. The molecule has 1 fully saturated rings. The molecule has 7 nitrogen and oxygen atoms in total. The zero-order valence-electron chi connectivity index (χ0n) is 15.2. The Balaban J connectivity index is 1.61. The molecule has 1 aliphatic carbocycles. The Morgan fingerprint density at radius 2 is 1.93 bits per heavy atom. The van der Waals surface area contributed by atoms with Gasteiger partial charge in [0.25, 0.3) is 5.71 Å². The Morgan fingerprint density at radius 1 is 1.19 bits per heavy atom. The molecule has 0 atom stereocenters. The third kappa shape index (κ3) is 3.46. The summed E-state index contributed by atoms with van der Waals surface area (Å²) in [6.07, 6.45) is 10.2. The van der Waals surface area contributed by atoms with E-state index in [2.05, 4.69) is 19.8 Å². The van der Waals surface area contributed by atoms with Crippen molar-refractivity contribution in [2.45, 2.75) is 49.3 Å². The summed E-state index contributed by atoms with van der Waals surface area (Å²) in [6, 6.07) is 5.55. The highest BCUT2D eigenvalue weighted by atomic mass is 32.2. The van der Waals surface area contributed by atoms with Gasteiger partial charge >= 0.3 is 0 Å². The highest BCUT2D eigenvalue weighted by molar-refractivity contribution is 7.89. The van der Waals surface area contributed by atoms with E-state index in [1.165, 1.54) is 12.6 Å². The van der Waals surface area contributed by atoms with Gasteiger partial charge in [-0.15, -0.1) is 0 Å². The molecule has 0 radical (unpaired) electrons. The third-order valence-electron chi connectivity index (χ3n) is 5.50. The van der Waals surface area contributed by atoms with E-state index in [0.29, 0.717) is 23.3 Å². The van der Waals surface area contributed by atoms with Crippen LogP contribution >= 0.6 is 0 Å². The molecular weight excluding hydrogens is 364 g/mol. The van der Waals surface area contributed by atoms with Gasteiger partial charge in [-0.25, -0.2) is 18.1 Å². The Labute approximate surface area is 158 Å². The fourth-order valence-corrected chi connectivity index (χ4v) is 4.99. The van der Waals surface area contributed by atoms with Crippen LogP contribution in [-0.4, -0.2) is 30.1 Å². The van der Waals surface area contributed by atoms with Crippen molar-refractivity contribution in [1.82, 2.24) is 19.8 Å². The van der Waals surface area contributed by atoms with E-state index in [4.69, 9.17) is 4.52 Å². The number of fused-ring (bicyclic) bond motifs is 1. The van der Waals surface area contributed by atoms with E-state index >= 15 is 0 Å². The summed E-state index contributed by atoms with van der Waals surface area (Å²) in [5.74, 6) is 0. The van der Waals surface area contributed by atoms with Crippen molar-refractivity contribution in [3.8, 4) is 0 Å². The van der Waals surface area contributed by atoms with Crippen molar-refractivity contribution in [1.29, 1.82) is 0 Å². The van der Waals surface area contributed by atoms with Crippen molar-refractivity contribution in [2.24, 2.45) is 0 Å². The molecule has 3 heterocycles. The fourth-order valence-electron chi connectivity index (χ4n) is 3.89. The first-order valence-corrected chi connectivity index (χ1v) is 10.6. The van der Waals surface area contributed by atoms with Crippen molar-refractivity contribution < 1.29 is 12.9 Å². The summed E-state index contributed by atoms with van der Waals surface area (Å²) >= 11 is 0. The molecular formula is C19H22N4O3S. The molecule has 0 saturated heterocycles. The van der Waals surface area contributed by atoms with Gasteiger partial charge < -0.3 is 4.52 Å². The average Bonchev–Trinajstić information content (AvgIpc) is 3.08. The molecule has 3 aromatic heterocycles. The van der Waals surface area contributed by atoms with Crippen LogP contribution in [0.15, 0.2) is 46.2 Å². The van der Waals surface area contributed by atoms with Crippen LogP contribution < -0.4 is 4.72 Å². The zero-order valence-corrected chi connectivity index (χ0v) is 16.0. The van der Waals surface area contributed by atoms with Gasteiger partial charge in [0.1, 0.15) is 4.90 Å². The lowest BCUT2D eigenvalue weighted by Crippen LogP contribution is -2.42. The lowest BCUT2D eigenvalue weighted by atomic mass is 9.70. The summed E-state index contributed by atoms with van der Waals surface area (Å²) in [4.78, 5) is 8.31. The quantitative estimate of drug-likeness (QED) is 0.723. The largest absolute Gasteiger partial charge is 0.336 e. The van der Waals surface area contributed by atoms with Crippen LogP contribution in [0.1, 0.15) is 43.4 Å². The smallest absolute Gasteiger partial charge is 0.257 e. The molecule has 1 saturated carbocycles. The van der Waals surface area contributed by atoms with E-state index < -0.39 is 10.0 Å².